The van der Waals surface area contributed by atoms with Crippen LogP contribution < -0.4 is 5.32 Å². The van der Waals surface area contributed by atoms with E-state index in [1.165, 1.54) is 31.2 Å². The Hall–Kier alpha value is -3.14. The molecular weight excluding hydrogens is 380 g/mol. The highest BCUT2D eigenvalue weighted by Gasteiger charge is 2.17. The monoisotopic (exact) mass is 393 g/mol. The molecule has 0 fully saturated rings. The van der Waals surface area contributed by atoms with E-state index in [1.807, 2.05) is 0 Å². The van der Waals surface area contributed by atoms with Gasteiger partial charge in [0, 0.05) is 11.6 Å². The van der Waals surface area contributed by atoms with Gasteiger partial charge in [0.05, 0.1) is 16.2 Å². The first-order valence-electron chi connectivity index (χ1n) is 7.73. The minimum Gasteiger partial charge on any atom is -0.403 e. The number of benzene rings is 2. The Morgan fingerprint density at radius 2 is 1.81 bits per heavy atom. The largest absolute Gasteiger partial charge is 0.403 e. The maximum atomic E-state index is 13.7. The lowest BCUT2D eigenvalue weighted by Crippen LogP contribution is -2.12. The summed E-state index contributed by atoms with van der Waals surface area (Å²) in [5, 5.41) is 9.52. The van der Waals surface area contributed by atoms with Gasteiger partial charge in [-0.15, -0.1) is 5.10 Å². The second-order valence-electron chi connectivity index (χ2n) is 5.42. The van der Waals surface area contributed by atoms with Crippen LogP contribution in [0.4, 0.5) is 14.8 Å². The van der Waals surface area contributed by atoms with Crippen molar-refractivity contribution in [2.45, 2.75) is 11.8 Å². The Morgan fingerprint density at radius 1 is 1.11 bits per heavy atom. The van der Waals surface area contributed by atoms with E-state index in [-0.39, 0.29) is 33.7 Å². The van der Waals surface area contributed by atoms with Crippen molar-refractivity contribution in [3.05, 3.63) is 59.7 Å². The van der Waals surface area contributed by atoms with Crippen molar-refractivity contribution in [2.24, 2.45) is 0 Å². The molecule has 0 saturated heterocycles. The number of anilines is 1. The van der Waals surface area contributed by atoms with Gasteiger partial charge in [0.2, 0.25) is 0 Å². The Kier molecular flexibility index (Phi) is 5.00. The number of hydrogen-bond acceptors (Lipinski definition) is 6. The molecule has 0 aliphatic heterocycles. The van der Waals surface area contributed by atoms with E-state index in [0.717, 1.165) is 12.1 Å². The number of amides is 1. The molecule has 0 spiro atoms. The average Bonchev–Trinajstić information content (AvgIpc) is 3.10. The number of aromatic nitrogens is 2. The normalized spacial score (nSPS) is 11.4. The Bertz CT molecular complexity index is 1100. The van der Waals surface area contributed by atoms with Crippen molar-refractivity contribution in [3.63, 3.8) is 0 Å². The third-order valence-electron chi connectivity index (χ3n) is 3.66. The highest BCUT2D eigenvalue weighted by atomic mass is 32.2. The van der Waals surface area contributed by atoms with Gasteiger partial charge in [0.25, 0.3) is 11.8 Å². The highest BCUT2D eigenvalue weighted by molar-refractivity contribution is 7.91. The van der Waals surface area contributed by atoms with Crippen LogP contribution in [0.5, 0.6) is 0 Å². The summed E-state index contributed by atoms with van der Waals surface area (Å²) in [6.45, 7) is 1.52. The van der Waals surface area contributed by atoms with Gasteiger partial charge in [-0.05, 0) is 36.4 Å². The summed E-state index contributed by atoms with van der Waals surface area (Å²) >= 11 is 0. The molecule has 1 aromatic heterocycles. The summed E-state index contributed by atoms with van der Waals surface area (Å²) in [5.74, 6) is -2.54. The van der Waals surface area contributed by atoms with Crippen molar-refractivity contribution in [3.8, 4) is 11.5 Å². The molecule has 3 rings (SSSR count). The predicted molar refractivity (Wildman–Crippen MR) is 91.8 cm³/mol. The van der Waals surface area contributed by atoms with Crippen LogP contribution in [0.1, 0.15) is 17.3 Å². The molecule has 2 aromatic carbocycles. The molecule has 3 aromatic rings. The number of nitrogens with one attached hydrogen (secondary N) is 1. The second kappa shape index (κ2) is 7.23. The molecular formula is C17H13F2N3O4S. The summed E-state index contributed by atoms with van der Waals surface area (Å²) in [6, 6.07) is 7.88. The summed E-state index contributed by atoms with van der Waals surface area (Å²) in [5.41, 5.74) is 0.0521. The Labute approximate surface area is 153 Å². The predicted octanol–water partition coefficient (Wildman–Crippen LogP) is 3.06. The van der Waals surface area contributed by atoms with Crippen molar-refractivity contribution < 1.29 is 26.4 Å². The van der Waals surface area contributed by atoms with Crippen molar-refractivity contribution in [1.29, 1.82) is 0 Å². The van der Waals surface area contributed by atoms with Gasteiger partial charge < -0.3 is 4.42 Å². The minimum atomic E-state index is -3.37. The number of nitrogens with zero attached hydrogens (tertiary/aromatic N) is 2. The summed E-state index contributed by atoms with van der Waals surface area (Å²) in [7, 11) is -3.37. The van der Waals surface area contributed by atoms with E-state index in [4.69, 9.17) is 4.42 Å². The van der Waals surface area contributed by atoms with E-state index in [9.17, 15) is 22.0 Å². The van der Waals surface area contributed by atoms with Gasteiger partial charge >= 0.3 is 6.01 Å². The molecule has 0 saturated carbocycles. The maximum Gasteiger partial charge on any atom is 0.322 e. The van der Waals surface area contributed by atoms with E-state index >= 15 is 0 Å². The fourth-order valence-corrected chi connectivity index (χ4v) is 3.08. The molecule has 0 bridgehead atoms. The molecule has 0 radical (unpaired) electrons. The van der Waals surface area contributed by atoms with Crippen molar-refractivity contribution >= 4 is 21.8 Å². The van der Waals surface area contributed by atoms with Crippen LogP contribution in [0.25, 0.3) is 11.5 Å². The van der Waals surface area contributed by atoms with Gasteiger partial charge in [0.1, 0.15) is 11.6 Å². The first-order chi connectivity index (χ1) is 12.8. The lowest BCUT2D eigenvalue weighted by Gasteiger charge is -2.03. The fraction of sp³-hybridized carbons (Fsp3) is 0.118. The molecule has 1 amide bonds. The van der Waals surface area contributed by atoms with Crippen LogP contribution in [0.3, 0.4) is 0 Å². The Morgan fingerprint density at radius 3 is 2.44 bits per heavy atom. The molecule has 7 nitrogen and oxygen atoms in total. The molecule has 10 heteroatoms. The van der Waals surface area contributed by atoms with Gasteiger partial charge in [-0.2, -0.15) is 0 Å². The first kappa shape index (κ1) is 18.6. The quantitative estimate of drug-likeness (QED) is 0.715. The lowest BCUT2D eigenvalue weighted by atomic mass is 10.2. The number of sulfone groups is 1. The van der Waals surface area contributed by atoms with Gasteiger partial charge in [-0.1, -0.05) is 12.0 Å². The minimum absolute atomic E-state index is 0.0523. The molecule has 1 N–H and O–H groups in total. The van der Waals surface area contributed by atoms with Gasteiger partial charge in [-0.3, -0.25) is 10.1 Å². The number of hydrogen-bond donors (Lipinski definition) is 1. The van der Waals surface area contributed by atoms with E-state index < -0.39 is 27.4 Å². The second-order valence-corrected chi connectivity index (χ2v) is 7.70. The molecule has 27 heavy (non-hydrogen) atoms. The number of carbonyl (C=O) groups is 1. The van der Waals surface area contributed by atoms with E-state index in [0.29, 0.717) is 6.07 Å². The third-order valence-corrected chi connectivity index (χ3v) is 5.41. The van der Waals surface area contributed by atoms with Crippen LogP contribution in [0.15, 0.2) is 51.8 Å². The first-order valence-corrected chi connectivity index (χ1v) is 9.38. The summed E-state index contributed by atoms with van der Waals surface area (Å²) in [6.07, 6.45) is 0. The van der Waals surface area contributed by atoms with Crippen molar-refractivity contribution in [1.82, 2.24) is 10.2 Å². The van der Waals surface area contributed by atoms with Crippen LogP contribution in [-0.2, 0) is 9.84 Å². The molecule has 0 atom stereocenters. The number of carbonyl (C=O) groups excluding carboxylic acids is 1. The van der Waals surface area contributed by atoms with Crippen LogP contribution in [-0.4, -0.2) is 30.3 Å². The average molecular weight is 393 g/mol. The summed E-state index contributed by atoms with van der Waals surface area (Å²) < 4.78 is 55.4. The fourth-order valence-electron chi connectivity index (χ4n) is 2.20. The molecule has 1 heterocycles. The van der Waals surface area contributed by atoms with Crippen LogP contribution in [0.2, 0.25) is 0 Å². The Balaban J connectivity index is 1.76. The smallest absolute Gasteiger partial charge is 0.322 e. The number of halogens is 2. The third kappa shape index (κ3) is 4.00. The number of rotatable bonds is 5. The lowest BCUT2D eigenvalue weighted by molar-refractivity contribution is 0.102. The zero-order valence-corrected chi connectivity index (χ0v) is 14.8. The maximum absolute atomic E-state index is 13.7. The van der Waals surface area contributed by atoms with E-state index in [1.54, 1.807) is 0 Å². The van der Waals surface area contributed by atoms with Crippen molar-refractivity contribution in [2.75, 3.05) is 11.1 Å². The zero-order chi connectivity index (χ0) is 19.6. The molecule has 140 valence electrons. The van der Waals surface area contributed by atoms with Crippen LogP contribution in [0, 0.1) is 11.6 Å². The highest BCUT2D eigenvalue weighted by Crippen LogP contribution is 2.23. The van der Waals surface area contributed by atoms with Crippen LogP contribution >= 0.6 is 0 Å². The van der Waals surface area contributed by atoms with Gasteiger partial charge in [-0.25, -0.2) is 17.2 Å². The molecule has 0 unspecified atom stereocenters. The molecule has 0 aliphatic rings. The topological polar surface area (TPSA) is 102 Å². The van der Waals surface area contributed by atoms with E-state index in [2.05, 4.69) is 15.5 Å². The summed E-state index contributed by atoms with van der Waals surface area (Å²) in [4.78, 5) is 12.3. The molecule has 0 aliphatic carbocycles. The standard InChI is InChI=1S/C17H13F2N3O4S/c1-2-27(24,25)12-6-3-10(4-7-12)15(23)20-17-22-21-16(26-17)13-8-5-11(18)9-14(13)19/h3-9H,2H2,1H3,(H,20,22,23). The zero-order valence-electron chi connectivity index (χ0n) is 13.9. The van der Waals surface area contributed by atoms with Gasteiger partial charge in [0.15, 0.2) is 9.84 Å². The SMILES string of the molecule is CCS(=O)(=O)c1ccc(C(=O)Nc2nnc(-c3ccc(F)cc3F)o2)cc1.